The van der Waals surface area contributed by atoms with Crippen molar-refractivity contribution in [1.29, 1.82) is 5.26 Å². The van der Waals surface area contributed by atoms with E-state index in [9.17, 15) is 10.1 Å². The van der Waals surface area contributed by atoms with Crippen molar-refractivity contribution >= 4 is 28.2 Å². The van der Waals surface area contributed by atoms with Gasteiger partial charge in [-0.15, -0.1) is 0 Å². The highest BCUT2D eigenvalue weighted by Gasteiger charge is 2.34. The Labute approximate surface area is 211 Å². The number of fused-ring (bicyclic) bond motifs is 2. The lowest BCUT2D eigenvalue weighted by Gasteiger charge is -2.42. The van der Waals surface area contributed by atoms with Crippen LogP contribution in [0.25, 0.3) is 10.8 Å². The molecule has 2 aliphatic rings. The van der Waals surface area contributed by atoms with Crippen LogP contribution in [0.5, 0.6) is 6.01 Å². The number of carbonyl (C=O) groups is 1. The lowest BCUT2D eigenvalue weighted by molar-refractivity contribution is -0.129. The van der Waals surface area contributed by atoms with Crippen LogP contribution in [0.4, 0.5) is 11.5 Å². The average molecular weight is 483 g/mol. The Morgan fingerprint density at radius 2 is 1.94 bits per heavy atom. The molecule has 1 atom stereocenters. The van der Waals surface area contributed by atoms with Gasteiger partial charge in [-0.2, -0.15) is 15.2 Å². The SMILES string of the molecule is C=C(C)C(=O)N1CCN(c2nc(OC)nc3c2CCN(c2cccc4ccccc24)C3)CC1CC#N. The smallest absolute Gasteiger partial charge is 0.318 e. The highest BCUT2D eigenvalue weighted by atomic mass is 16.5. The quantitative estimate of drug-likeness (QED) is 0.513. The molecule has 2 aromatic carbocycles. The summed E-state index contributed by atoms with van der Waals surface area (Å²) in [5.41, 5.74) is 3.75. The molecule has 1 aromatic heterocycles. The van der Waals surface area contributed by atoms with Crippen LogP contribution >= 0.6 is 0 Å². The van der Waals surface area contributed by atoms with Gasteiger partial charge in [-0.05, 0) is 24.8 Å². The number of nitriles is 1. The molecule has 0 radical (unpaired) electrons. The molecule has 5 rings (SSSR count). The summed E-state index contributed by atoms with van der Waals surface area (Å²) in [7, 11) is 1.58. The highest BCUT2D eigenvalue weighted by molar-refractivity contribution is 5.94. The number of hydrogen-bond donors (Lipinski definition) is 0. The van der Waals surface area contributed by atoms with Crippen molar-refractivity contribution in [1.82, 2.24) is 14.9 Å². The van der Waals surface area contributed by atoms with E-state index >= 15 is 0 Å². The summed E-state index contributed by atoms with van der Waals surface area (Å²) in [5.74, 6) is 0.753. The van der Waals surface area contributed by atoms with Crippen molar-refractivity contribution in [2.24, 2.45) is 0 Å². The number of carbonyl (C=O) groups excluding carboxylic acids is 1. The summed E-state index contributed by atoms with van der Waals surface area (Å²) in [6.07, 6.45) is 1.06. The zero-order valence-electron chi connectivity index (χ0n) is 20.8. The minimum atomic E-state index is -0.222. The maximum absolute atomic E-state index is 12.7. The second kappa shape index (κ2) is 9.86. The minimum absolute atomic E-state index is 0.0945. The molecule has 0 N–H and O–H groups in total. The van der Waals surface area contributed by atoms with Crippen LogP contribution in [0.3, 0.4) is 0 Å². The predicted molar refractivity (Wildman–Crippen MR) is 140 cm³/mol. The number of aromatic nitrogens is 2. The molecule has 0 saturated carbocycles. The van der Waals surface area contributed by atoms with E-state index in [1.807, 2.05) is 0 Å². The molecule has 3 heterocycles. The number of rotatable bonds is 5. The van der Waals surface area contributed by atoms with Crippen LogP contribution in [0, 0.1) is 11.3 Å². The zero-order valence-corrected chi connectivity index (χ0v) is 20.8. The zero-order chi connectivity index (χ0) is 25.2. The molecule has 8 nitrogen and oxygen atoms in total. The van der Waals surface area contributed by atoms with Crippen LogP contribution in [-0.4, -0.2) is 60.1 Å². The van der Waals surface area contributed by atoms with E-state index < -0.39 is 0 Å². The predicted octanol–water partition coefficient (Wildman–Crippen LogP) is 3.71. The van der Waals surface area contributed by atoms with Gasteiger partial charge in [0.1, 0.15) is 5.82 Å². The van der Waals surface area contributed by atoms with Crippen molar-refractivity contribution in [3.8, 4) is 12.1 Å². The third kappa shape index (κ3) is 4.33. The Bertz CT molecular complexity index is 1360. The molecule has 8 heteroatoms. The van der Waals surface area contributed by atoms with E-state index in [0.717, 1.165) is 30.0 Å². The van der Waals surface area contributed by atoms with E-state index in [2.05, 4.69) is 64.9 Å². The van der Waals surface area contributed by atoms with Crippen molar-refractivity contribution in [3.63, 3.8) is 0 Å². The van der Waals surface area contributed by atoms with Gasteiger partial charge in [-0.1, -0.05) is 43.0 Å². The molecule has 0 bridgehead atoms. The van der Waals surface area contributed by atoms with E-state index in [4.69, 9.17) is 14.7 Å². The summed E-state index contributed by atoms with van der Waals surface area (Å²) in [6, 6.07) is 17.2. The van der Waals surface area contributed by atoms with Crippen LogP contribution in [0.2, 0.25) is 0 Å². The normalized spacial score (nSPS) is 17.5. The first-order valence-electron chi connectivity index (χ1n) is 12.2. The first kappa shape index (κ1) is 23.6. The Morgan fingerprint density at radius 3 is 2.72 bits per heavy atom. The van der Waals surface area contributed by atoms with Gasteiger partial charge in [0.05, 0.1) is 37.9 Å². The molecule has 1 unspecified atom stereocenters. The van der Waals surface area contributed by atoms with Gasteiger partial charge in [0.2, 0.25) is 5.91 Å². The fraction of sp³-hybridized carbons (Fsp3) is 0.357. The topological polar surface area (TPSA) is 85.6 Å². The Kier molecular flexibility index (Phi) is 6.47. The van der Waals surface area contributed by atoms with E-state index in [1.165, 1.54) is 16.5 Å². The summed E-state index contributed by atoms with van der Waals surface area (Å²) in [6.45, 7) is 8.70. The molecule has 2 aliphatic heterocycles. The highest BCUT2D eigenvalue weighted by Crippen LogP contribution is 2.34. The first-order valence-corrected chi connectivity index (χ1v) is 12.2. The van der Waals surface area contributed by atoms with Crippen molar-refractivity contribution in [2.75, 3.05) is 43.1 Å². The van der Waals surface area contributed by atoms with E-state index in [1.54, 1.807) is 18.9 Å². The molecule has 3 aromatic rings. The summed E-state index contributed by atoms with van der Waals surface area (Å²) < 4.78 is 5.49. The van der Waals surface area contributed by atoms with Crippen LogP contribution in [-0.2, 0) is 17.8 Å². The van der Waals surface area contributed by atoms with Gasteiger partial charge in [-0.25, -0.2) is 0 Å². The molecule has 1 fully saturated rings. The van der Waals surface area contributed by atoms with Crippen molar-refractivity contribution in [2.45, 2.75) is 32.4 Å². The maximum Gasteiger partial charge on any atom is 0.318 e. The van der Waals surface area contributed by atoms with Gasteiger partial charge in [0.25, 0.3) is 0 Å². The molecular weight excluding hydrogens is 452 g/mol. The largest absolute Gasteiger partial charge is 0.467 e. The molecule has 1 amide bonds. The van der Waals surface area contributed by atoms with Crippen molar-refractivity contribution in [3.05, 3.63) is 65.9 Å². The fourth-order valence-electron chi connectivity index (χ4n) is 5.27. The molecule has 0 spiro atoms. The van der Waals surface area contributed by atoms with Gasteiger partial charge in [0, 0.05) is 48.4 Å². The second-order valence-corrected chi connectivity index (χ2v) is 9.37. The maximum atomic E-state index is 12.7. The number of anilines is 2. The molecule has 1 saturated heterocycles. The number of piperazine rings is 1. The van der Waals surface area contributed by atoms with Crippen LogP contribution < -0.4 is 14.5 Å². The standard InChI is InChI=1S/C28H30N6O2/c1-19(2)27(35)34-16-15-33(17-21(34)11-13-29)26-23-12-14-32(18-24(23)30-28(31-26)36-3)25-10-6-8-20-7-4-5-9-22(20)25/h4-10,21H,1,11-12,14-18H2,2-3H3. The van der Waals surface area contributed by atoms with E-state index in [0.29, 0.717) is 37.8 Å². The van der Waals surface area contributed by atoms with Crippen molar-refractivity contribution < 1.29 is 9.53 Å². The number of ether oxygens (including phenoxy) is 1. The number of nitrogens with zero attached hydrogens (tertiary/aromatic N) is 6. The number of hydrogen-bond acceptors (Lipinski definition) is 7. The summed E-state index contributed by atoms with van der Waals surface area (Å²) in [5, 5.41) is 11.9. The lowest BCUT2D eigenvalue weighted by atomic mass is 10.0. The Morgan fingerprint density at radius 1 is 1.14 bits per heavy atom. The number of benzene rings is 2. The second-order valence-electron chi connectivity index (χ2n) is 9.37. The van der Waals surface area contributed by atoms with Gasteiger partial charge < -0.3 is 19.4 Å². The van der Waals surface area contributed by atoms with Crippen LogP contribution in [0.15, 0.2) is 54.6 Å². The lowest BCUT2D eigenvalue weighted by Crippen LogP contribution is -2.56. The van der Waals surface area contributed by atoms with Gasteiger partial charge in [0.15, 0.2) is 0 Å². The summed E-state index contributed by atoms with van der Waals surface area (Å²) in [4.78, 5) is 28.5. The monoisotopic (exact) mass is 482 g/mol. The first-order chi connectivity index (χ1) is 17.5. The Hall–Kier alpha value is -4.12. The minimum Gasteiger partial charge on any atom is -0.467 e. The average Bonchev–Trinajstić information content (AvgIpc) is 2.91. The third-order valence-corrected chi connectivity index (χ3v) is 7.05. The number of methoxy groups -OCH3 is 1. The molecular formula is C28H30N6O2. The molecule has 0 aliphatic carbocycles. The van der Waals surface area contributed by atoms with Crippen LogP contribution in [0.1, 0.15) is 24.6 Å². The molecule has 36 heavy (non-hydrogen) atoms. The fourth-order valence-corrected chi connectivity index (χ4v) is 5.27. The third-order valence-electron chi connectivity index (χ3n) is 7.05. The number of amides is 1. The van der Waals surface area contributed by atoms with E-state index in [-0.39, 0.29) is 18.4 Å². The molecule has 184 valence electrons. The van der Waals surface area contributed by atoms with Gasteiger partial charge in [-0.3, -0.25) is 4.79 Å². The van der Waals surface area contributed by atoms with Gasteiger partial charge >= 0.3 is 6.01 Å². The summed E-state index contributed by atoms with van der Waals surface area (Å²) >= 11 is 0. The Balaban J connectivity index is 1.46.